The van der Waals surface area contributed by atoms with Crippen molar-refractivity contribution in [1.82, 2.24) is 9.88 Å². The molecule has 1 heterocycles. The SMILES string of the molecule is C=C/C=C\N=C(C)c1cc(C)ccc1C(=O)N(CC)C(C)COc1ccc(Br)cn1. The van der Waals surface area contributed by atoms with Crippen molar-refractivity contribution in [3.8, 4) is 5.88 Å². The van der Waals surface area contributed by atoms with Gasteiger partial charge in [-0.3, -0.25) is 9.79 Å². The van der Waals surface area contributed by atoms with Gasteiger partial charge in [0, 0.05) is 46.3 Å². The van der Waals surface area contributed by atoms with Crippen molar-refractivity contribution in [2.75, 3.05) is 13.2 Å². The molecule has 0 bridgehead atoms. The van der Waals surface area contributed by atoms with E-state index in [1.165, 1.54) is 0 Å². The molecule has 6 heteroatoms. The summed E-state index contributed by atoms with van der Waals surface area (Å²) < 4.78 is 6.67. The van der Waals surface area contributed by atoms with Crippen molar-refractivity contribution in [3.05, 3.63) is 82.6 Å². The highest BCUT2D eigenvalue weighted by atomic mass is 79.9. The number of aromatic nitrogens is 1. The first-order valence-corrected chi connectivity index (χ1v) is 10.6. The fraction of sp³-hybridized carbons (Fsp3) is 0.292. The van der Waals surface area contributed by atoms with Crippen LogP contribution in [0.1, 0.15) is 42.3 Å². The Balaban J connectivity index is 2.23. The van der Waals surface area contributed by atoms with Crippen LogP contribution in [-0.4, -0.2) is 40.7 Å². The maximum Gasteiger partial charge on any atom is 0.254 e. The maximum absolute atomic E-state index is 13.4. The molecule has 0 aliphatic carbocycles. The Labute approximate surface area is 187 Å². The zero-order chi connectivity index (χ0) is 22.1. The van der Waals surface area contributed by atoms with E-state index in [1.54, 1.807) is 35.5 Å². The number of carbonyl (C=O) groups is 1. The molecule has 1 unspecified atom stereocenters. The number of likely N-dealkylation sites (N-methyl/N-ethyl adjacent to an activating group) is 1. The fourth-order valence-electron chi connectivity index (χ4n) is 2.98. The topological polar surface area (TPSA) is 54.8 Å². The Bertz CT molecular complexity index is 936. The summed E-state index contributed by atoms with van der Waals surface area (Å²) in [5, 5.41) is 0. The second-order valence-corrected chi connectivity index (χ2v) is 7.82. The molecule has 0 N–H and O–H groups in total. The molecule has 0 aliphatic heterocycles. The highest BCUT2D eigenvalue weighted by Gasteiger charge is 2.23. The van der Waals surface area contributed by atoms with Crippen molar-refractivity contribution in [3.63, 3.8) is 0 Å². The Kier molecular flexibility index (Phi) is 8.99. The number of halogens is 1. The second kappa shape index (κ2) is 11.5. The van der Waals surface area contributed by atoms with Crippen LogP contribution in [0.3, 0.4) is 0 Å². The van der Waals surface area contributed by atoms with Gasteiger partial charge in [0.15, 0.2) is 0 Å². The number of nitrogens with zero attached hydrogens (tertiary/aromatic N) is 3. The van der Waals surface area contributed by atoms with Crippen LogP contribution in [0.4, 0.5) is 0 Å². The number of rotatable bonds is 9. The summed E-state index contributed by atoms with van der Waals surface area (Å²) in [6.07, 6.45) is 6.79. The van der Waals surface area contributed by atoms with Crippen molar-refractivity contribution < 1.29 is 9.53 Å². The number of carbonyl (C=O) groups excluding carboxylic acids is 1. The molecular weight excluding hydrogens is 442 g/mol. The van der Waals surface area contributed by atoms with E-state index < -0.39 is 0 Å². The zero-order valence-electron chi connectivity index (χ0n) is 17.9. The van der Waals surface area contributed by atoms with Crippen LogP contribution < -0.4 is 4.74 Å². The summed E-state index contributed by atoms with van der Waals surface area (Å²) in [7, 11) is 0. The molecule has 2 rings (SSSR count). The predicted molar refractivity (Wildman–Crippen MR) is 126 cm³/mol. The molecule has 1 amide bonds. The molecule has 1 atom stereocenters. The third-order valence-corrected chi connectivity index (χ3v) is 5.06. The van der Waals surface area contributed by atoms with E-state index in [2.05, 4.69) is 32.5 Å². The van der Waals surface area contributed by atoms with Crippen molar-refractivity contribution in [2.45, 2.75) is 33.7 Å². The molecule has 2 aromatic rings. The predicted octanol–water partition coefficient (Wildman–Crippen LogP) is 5.59. The van der Waals surface area contributed by atoms with E-state index in [-0.39, 0.29) is 11.9 Å². The summed E-state index contributed by atoms with van der Waals surface area (Å²) in [5.41, 5.74) is 3.31. The Morgan fingerprint density at radius 2 is 2.10 bits per heavy atom. The largest absolute Gasteiger partial charge is 0.475 e. The minimum absolute atomic E-state index is 0.0467. The quantitative estimate of drug-likeness (QED) is 0.355. The maximum atomic E-state index is 13.4. The monoisotopic (exact) mass is 469 g/mol. The van der Waals surface area contributed by atoms with E-state index in [9.17, 15) is 4.79 Å². The Hall–Kier alpha value is -2.73. The summed E-state index contributed by atoms with van der Waals surface area (Å²) >= 11 is 3.36. The van der Waals surface area contributed by atoms with E-state index in [1.807, 2.05) is 52.0 Å². The van der Waals surface area contributed by atoms with Gasteiger partial charge in [0.2, 0.25) is 5.88 Å². The molecule has 158 valence electrons. The molecule has 30 heavy (non-hydrogen) atoms. The van der Waals surface area contributed by atoms with Crippen molar-refractivity contribution in [1.29, 1.82) is 0 Å². The third kappa shape index (κ3) is 6.39. The zero-order valence-corrected chi connectivity index (χ0v) is 19.5. The van der Waals surface area contributed by atoms with Gasteiger partial charge in [-0.05, 0) is 67.9 Å². The van der Waals surface area contributed by atoms with E-state index in [0.29, 0.717) is 24.6 Å². The lowest BCUT2D eigenvalue weighted by molar-refractivity contribution is 0.0646. The van der Waals surface area contributed by atoms with E-state index >= 15 is 0 Å². The molecule has 0 spiro atoms. The number of aryl methyl sites for hydroxylation is 1. The summed E-state index contributed by atoms with van der Waals surface area (Å²) in [5.74, 6) is 0.483. The molecule has 5 nitrogen and oxygen atoms in total. The number of pyridine rings is 1. The lowest BCUT2D eigenvalue weighted by Gasteiger charge is -2.29. The average Bonchev–Trinajstić information content (AvgIpc) is 2.73. The lowest BCUT2D eigenvalue weighted by Crippen LogP contribution is -2.42. The van der Waals surface area contributed by atoms with Gasteiger partial charge in [0.1, 0.15) is 6.61 Å². The van der Waals surface area contributed by atoms with Crippen LogP contribution in [0, 0.1) is 6.92 Å². The Morgan fingerprint density at radius 1 is 1.33 bits per heavy atom. The highest BCUT2D eigenvalue weighted by Crippen LogP contribution is 2.18. The molecular formula is C24H28BrN3O2. The first-order chi connectivity index (χ1) is 14.4. The van der Waals surface area contributed by atoms with Crippen LogP contribution in [0.2, 0.25) is 0 Å². The summed E-state index contributed by atoms with van der Waals surface area (Å²) in [4.78, 5) is 23.9. The molecule has 0 saturated carbocycles. The number of allylic oxidation sites excluding steroid dienone is 2. The normalized spacial score (nSPS) is 12.6. The molecule has 1 aromatic heterocycles. The Morgan fingerprint density at radius 3 is 2.73 bits per heavy atom. The second-order valence-electron chi connectivity index (χ2n) is 6.91. The number of benzene rings is 1. The number of hydrogen-bond acceptors (Lipinski definition) is 4. The van der Waals surface area contributed by atoms with Crippen molar-refractivity contribution in [2.24, 2.45) is 4.99 Å². The van der Waals surface area contributed by atoms with Gasteiger partial charge in [-0.15, -0.1) is 0 Å². The number of hydrogen-bond donors (Lipinski definition) is 0. The molecule has 0 radical (unpaired) electrons. The van der Waals surface area contributed by atoms with Gasteiger partial charge < -0.3 is 9.64 Å². The highest BCUT2D eigenvalue weighted by molar-refractivity contribution is 9.10. The molecule has 0 fully saturated rings. The van der Waals surface area contributed by atoms with Crippen molar-refractivity contribution >= 4 is 27.5 Å². The number of aliphatic imine (C=N–C) groups is 1. The minimum atomic E-state index is -0.125. The standard InChI is InChI=1S/C24H28BrN3O2/c1-6-8-13-26-19(5)22-14-17(3)9-11-21(22)24(29)28(7-2)18(4)16-30-23-12-10-20(25)15-27-23/h6,8-15,18H,1,7,16H2,2-5H3/b13-8-,26-19?. The van der Waals surface area contributed by atoms with Crippen LogP contribution in [0.25, 0.3) is 0 Å². The molecule has 0 saturated heterocycles. The number of ether oxygens (including phenoxy) is 1. The van der Waals surface area contributed by atoms with E-state index in [0.717, 1.165) is 21.3 Å². The first-order valence-electron chi connectivity index (χ1n) is 9.85. The van der Waals surface area contributed by atoms with Crippen LogP contribution in [0.15, 0.2) is 70.9 Å². The van der Waals surface area contributed by atoms with Crippen LogP contribution in [0.5, 0.6) is 5.88 Å². The van der Waals surface area contributed by atoms with Gasteiger partial charge in [-0.1, -0.05) is 24.3 Å². The molecule has 0 aliphatic rings. The van der Waals surface area contributed by atoms with E-state index in [4.69, 9.17) is 4.74 Å². The van der Waals surface area contributed by atoms with Gasteiger partial charge in [0.25, 0.3) is 5.91 Å². The molecule has 1 aromatic carbocycles. The van der Waals surface area contributed by atoms with Crippen LogP contribution >= 0.6 is 15.9 Å². The third-order valence-electron chi connectivity index (χ3n) is 4.59. The lowest BCUT2D eigenvalue weighted by atomic mass is 9.99. The van der Waals surface area contributed by atoms with Gasteiger partial charge in [-0.2, -0.15) is 0 Å². The first kappa shape index (κ1) is 23.5. The van der Waals surface area contributed by atoms with Gasteiger partial charge in [-0.25, -0.2) is 4.98 Å². The van der Waals surface area contributed by atoms with Crippen LogP contribution in [-0.2, 0) is 0 Å². The minimum Gasteiger partial charge on any atom is -0.475 e. The average molecular weight is 470 g/mol. The smallest absolute Gasteiger partial charge is 0.254 e. The summed E-state index contributed by atoms with van der Waals surface area (Å²) in [6, 6.07) is 9.36. The van der Waals surface area contributed by atoms with Gasteiger partial charge in [0.05, 0.1) is 6.04 Å². The number of amides is 1. The summed E-state index contributed by atoms with van der Waals surface area (Å²) in [6.45, 7) is 12.4. The van der Waals surface area contributed by atoms with Gasteiger partial charge >= 0.3 is 0 Å². The fourth-order valence-corrected chi connectivity index (χ4v) is 3.22.